The number of benzene rings is 2. The number of hydrogen-bond donors (Lipinski definition) is 1. The molecule has 0 amide bonds. The Morgan fingerprint density at radius 3 is 2.57 bits per heavy atom. The number of fused-ring (bicyclic) bond motifs is 1. The molecule has 7 rings (SSSR count). The minimum atomic E-state index is -4.46. The van der Waals surface area contributed by atoms with Crippen LogP contribution in [0.2, 0.25) is 5.02 Å². The summed E-state index contributed by atoms with van der Waals surface area (Å²) < 4.78 is 77.9. The topological polar surface area (TPSA) is 128 Å². The Balaban J connectivity index is 1.14. The molecule has 1 fully saturated rings. The summed E-state index contributed by atoms with van der Waals surface area (Å²) in [6, 6.07) is 13.8. The molecule has 12 nitrogen and oxygen atoms in total. The maximum Gasteiger partial charge on any atom is 0.408 e. The van der Waals surface area contributed by atoms with E-state index in [0.717, 1.165) is 37.4 Å². The fourth-order valence-electron chi connectivity index (χ4n) is 6.71. The van der Waals surface area contributed by atoms with Crippen LogP contribution in [0.3, 0.4) is 0 Å². The highest BCUT2D eigenvalue weighted by atomic mass is 35.5. The molecule has 1 aliphatic rings. The SMILES string of the molecule is Cc1c(-c2c(-c3ccc(F)o3)sc3ncnc(O[C@H](CCc4ccccc4OCc4ccnn4CC(F)(F)F)C(=O)O)c23)ccc(OCCN2CCN(C)CC2)c1Cl. The van der Waals surface area contributed by atoms with Gasteiger partial charge in [-0.25, -0.2) is 14.8 Å². The molecule has 58 heavy (non-hydrogen) atoms. The molecule has 0 radical (unpaired) electrons. The molecular weight excluding hydrogens is 804 g/mol. The van der Waals surface area contributed by atoms with Gasteiger partial charge in [-0.3, -0.25) is 9.58 Å². The van der Waals surface area contributed by atoms with Gasteiger partial charge in [-0.2, -0.15) is 22.7 Å². The lowest BCUT2D eigenvalue weighted by molar-refractivity contribution is -0.145. The summed E-state index contributed by atoms with van der Waals surface area (Å²) in [6.45, 7) is 5.44. The Morgan fingerprint density at radius 1 is 1.03 bits per heavy atom. The van der Waals surface area contributed by atoms with Crippen LogP contribution >= 0.6 is 22.9 Å². The molecule has 1 aliphatic heterocycles. The number of ether oxygens (including phenoxy) is 3. The Labute approximate surface area is 339 Å². The summed E-state index contributed by atoms with van der Waals surface area (Å²) >= 11 is 8.14. The number of carboxylic acid groups (broad SMARTS) is 1. The smallest absolute Gasteiger partial charge is 0.408 e. The maximum atomic E-state index is 14.3. The molecule has 4 aromatic heterocycles. The fraction of sp³-hybridized carbons (Fsp3) is 0.350. The zero-order valence-corrected chi connectivity index (χ0v) is 33.0. The van der Waals surface area contributed by atoms with Crippen LogP contribution in [0.5, 0.6) is 17.4 Å². The molecule has 0 saturated carbocycles. The van der Waals surface area contributed by atoms with Crippen LogP contribution in [-0.2, 0) is 24.4 Å². The van der Waals surface area contributed by atoms with Crippen molar-refractivity contribution in [2.45, 2.75) is 45.2 Å². The molecule has 18 heteroatoms. The van der Waals surface area contributed by atoms with E-state index in [2.05, 4.69) is 31.9 Å². The van der Waals surface area contributed by atoms with E-state index in [1.165, 1.54) is 42.1 Å². The molecule has 0 bridgehead atoms. The van der Waals surface area contributed by atoms with E-state index < -0.39 is 30.8 Å². The van der Waals surface area contributed by atoms with Crippen LogP contribution in [0.4, 0.5) is 17.6 Å². The Morgan fingerprint density at radius 2 is 1.83 bits per heavy atom. The van der Waals surface area contributed by atoms with E-state index in [1.54, 1.807) is 30.3 Å². The first-order chi connectivity index (χ1) is 27.8. The predicted octanol–water partition coefficient (Wildman–Crippen LogP) is 8.15. The normalized spacial score (nSPS) is 14.5. The van der Waals surface area contributed by atoms with Crippen LogP contribution in [-0.4, -0.2) is 99.3 Å². The van der Waals surface area contributed by atoms with Gasteiger partial charge in [0.05, 0.1) is 21.0 Å². The first-order valence-corrected chi connectivity index (χ1v) is 19.6. The molecular formula is C40H39ClF4N6O6S. The summed E-state index contributed by atoms with van der Waals surface area (Å²) in [6.07, 6.45) is -3.21. The molecule has 1 atom stereocenters. The largest absolute Gasteiger partial charge is 0.491 e. The summed E-state index contributed by atoms with van der Waals surface area (Å²) in [5.41, 5.74) is 2.62. The van der Waals surface area contributed by atoms with Crippen LogP contribution in [0, 0.1) is 12.9 Å². The first-order valence-electron chi connectivity index (χ1n) is 18.4. The summed E-state index contributed by atoms with van der Waals surface area (Å²) in [5.74, 6) is -0.198. The van der Waals surface area contributed by atoms with Crippen molar-refractivity contribution in [1.82, 2.24) is 29.5 Å². The number of likely N-dealkylation sites (N-methyl/N-ethyl adjacent to an activating group) is 1. The van der Waals surface area contributed by atoms with Gasteiger partial charge >= 0.3 is 12.1 Å². The number of aromatic nitrogens is 4. The van der Waals surface area contributed by atoms with Gasteiger partial charge in [0.15, 0.2) is 6.10 Å². The number of aryl methyl sites for hydroxylation is 1. The van der Waals surface area contributed by atoms with Gasteiger partial charge in [-0.1, -0.05) is 35.9 Å². The number of thiophene rings is 1. The summed E-state index contributed by atoms with van der Waals surface area (Å²) in [5, 5.41) is 14.9. The number of carbonyl (C=O) groups is 1. The van der Waals surface area contributed by atoms with E-state index in [4.69, 9.17) is 30.2 Å². The third-order valence-corrected chi connectivity index (χ3v) is 11.4. The van der Waals surface area contributed by atoms with E-state index in [1.807, 2.05) is 13.0 Å². The number of rotatable bonds is 16. The number of carboxylic acids is 1. The van der Waals surface area contributed by atoms with Crippen molar-refractivity contribution in [3.63, 3.8) is 0 Å². The molecule has 2 aromatic carbocycles. The Bertz CT molecular complexity index is 2380. The van der Waals surface area contributed by atoms with Crippen molar-refractivity contribution in [3.05, 3.63) is 95.0 Å². The van der Waals surface area contributed by atoms with E-state index in [0.29, 0.717) is 60.5 Å². The van der Waals surface area contributed by atoms with Crippen molar-refractivity contribution in [1.29, 1.82) is 0 Å². The molecule has 306 valence electrons. The van der Waals surface area contributed by atoms with Crippen LogP contribution < -0.4 is 14.2 Å². The van der Waals surface area contributed by atoms with E-state index in [-0.39, 0.29) is 36.8 Å². The van der Waals surface area contributed by atoms with E-state index in [9.17, 15) is 27.5 Å². The van der Waals surface area contributed by atoms with Crippen LogP contribution in [0.15, 0.2) is 71.5 Å². The molecule has 1 N–H and O–H groups in total. The predicted molar refractivity (Wildman–Crippen MR) is 209 cm³/mol. The number of furan rings is 1. The van der Waals surface area contributed by atoms with Crippen LogP contribution in [0.25, 0.3) is 32.0 Å². The second kappa shape index (κ2) is 17.7. The molecule has 6 aromatic rings. The molecule has 5 heterocycles. The highest BCUT2D eigenvalue weighted by molar-refractivity contribution is 7.22. The zero-order chi connectivity index (χ0) is 41.0. The third kappa shape index (κ3) is 9.55. The zero-order valence-electron chi connectivity index (χ0n) is 31.5. The van der Waals surface area contributed by atoms with E-state index >= 15 is 0 Å². The second-order valence-electron chi connectivity index (χ2n) is 13.8. The summed E-state index contributed by atoms with van der Waals surface area (Å²) in [4.78, 5) is 27.1. The lowest BCUT2D eigenvalue weighted by Gasteiger charge is -2.32. The standard InChI is InChI=1S/C40H39ClF4N6O6S/c1-24-27(8-10-29(35(24)41)54-20-19-50-17-15-49(2)16-18-50)33-34-37(46-23-47-38(34)58-36(33)30-11-12-32(42)56-30)57-31(39(52)53)9-7-25-5-3-4-6-28(25)55-21-26-13-14-48-51(26)22-40(43,44)45/h3-6,8,10-14,23,31H,7,9,15-22H2,1-2H3,(H,52,53)/t31-/m1/s1. The van der Waals surface area contributed by atoms with Gasteiger partial charge in [-0.15, -0.1) is 11.3 Å². The first kappa shape index (κ1) is 40.9. The fourth-order valence-corrected chi connectivity index (χ4v) is 8.04. The highest BCUT2D eigenvalue weighted by Gasteiger charge is 2.30. The van der Waals surface area contributed by atoms with Gasteiger partial charge < -0.3 is 28.6 Å². The molecule has 0 unspecified atom stereocenters. The summed E-state index contributed by atoms with van der Waals surface area (Å²) in [7, 11) is 2.10. The number of nitrogens with zero attached hydrogens (tertiary/aromatic N) is 6. The second-order valence-corrected chi connectivity index (χ2v) is 15.2. The average Bonchev–Trinajstić information content (AvgIpc) is 3.93. The Hall–Kier alpha value is -5.23. The third-order valence-electron chi connectivity index (χ3n) is 9.82. The average molecular weight is 843 g/mol. The van der Waals surface area contributed by atoms with Gasteiger partial charge in [-0.05, 0) is 67.8 Å². The van der Waals surface area contributed by atoms with Crippen molar-refractivity contribution in [3.8, 4) is 39.1 Å². The molecule has 0 aliphatic carbocycles. The highest BCUT2D eigenvalue weighted by Crippen LogP contribution is 2.49. The lowest BCUT2D eigenvalue weighted by atomic mass is 9.97. The van der Waals surface area contributed by atoms with Crippen molar-refractivity contribution >= 4 is 39.1 Å². The number of halogens is 5. The number of hydrogen-bond acceptors (Lipinski definition) is 11. The maximum absolute atomic E-state index is 14.3. The number of para-hydroxylation sites is 1. The van der Waals surface area contributed by atoms with Gasteiger partial charge in [0, 0.05) is 50.6 Å². The number of alkyl halides is 3. The van der Waals surface area contributed by atoms with Crippen molar-refractivity contribution in [2.24, 2.45) is 0 Å². The van der Waals surface area contributed by atoms with Crippen molar-refractivity contribution in [2.75, 3.05) is 46.4 Å². The minimum Gasteiger partial charge on any atom is -0.491 e. The van der Waals surface area contributed by atoms with Gasteiger partial charge in [0.25, 0.3) is 6.01 Å². The van der Waals surface area contributed by atoms with Crippen LogP contribution in [0.1, 0.15) is 23.2 Å². The molecule has 1 saturated heterocycles. The minimum absolute atomic E-state index is 0.0209. The molecule has 0 spiro atoms. The lowest BCUT2D eigenvalue weighted by Crippen LogP contribution is -2.45. The quantitative estimate of drug-likeness (QED) is 0.0949. The monoisotopic (exact) mass is 842 g/mol. The van der Waals surface area contributed by atoms with Gasteiger partial charge in [0.1, 0.15) is 48.2 Å². The van der Waals surface area contributed by atoms with Gasteiger partial charge in [0.2, 0.25) is 5.88 Å². The Kier molecular flexibility index (Phi) is 12.5. The number of aliphatic carboxylic acids is 1. The van der Waals surface area contributed by atoms with Crippen molar-refractivity contribution < 1.29 is 46.1 Å². The number of piperazine rings is 1.